The second-order valence-electron chi connectivity index (χ2n) is 3.76. The summed E-state index contributed by atoms with van der Waals surface area (Å²) in [5, 5.41) is 0.714. The molecule has 0 aliphatic rings. The summed E-state index contributed by atoms with van der Waals surface area (Å²) in [6, 6.07) is 5.76. The molecule has 0 spiro atoms. The molecule has 0 saturated carbocycles. The molecule has 1 aromatic carbocycles. The summed E-state index contributed by atoms with van der Waals surface area (Å²) >= 11 is 0. The average molecular weight is 202 g/mol. The fourth-order valence-corrected chi connectivity index (χ4v) is 1.67. The van der Waals surface area contributed by atoms with Crippen molar-refractivity contribution in [3.63, 3.8) is 0 Å². The van der Waals surface area contributed by atoms with Gasteiger partial charge in [0.15, 0.2) is 0 Å². The van der Waals surface area contributed by atoms with Gasteiger partial charge < -0.3 is 0 Å². The highest BCUT2D eigenvalue weighted by Crippen LogP contribution is 2.08. The van der Waals surface area contributed by atoms with Crippen LogP contribution in [-0.4, -0.2) is 9.55 Å². The molecular weight excluding hydrogens is 188 g/mol. The van der Waals surface area contributed by atoms with Crippen LogP contribution in [0.3, 0.4) is 0 Å². The first kappa shape index (κ1) is 9.90. The Hall–Kier alpha value is -1.64. The van der Waals surface area contributed by atoms with Gasteiger partial charge in [0, 0.05) is 6.54 Å². The highest BCUT2D eigenvalue weighted by molar-refractivity contribution is 5.77. The van der Waals surface area contributed by atoms with Crippen molar-refractivity contribution < 1.29 is 0 Å². The molecule has 3 nitrogen and oxygen atoms in total. The van der Waals surface area contributed by atoms with E-state index >= 15 is 0 Å². The van der Waals surface area contributed by atoms with Crippen molar-refractivity contribution in [1.82, 2.24) is 9.55 Å². The number of fused-ring (bicyclic) bond motifs is 1. The Kier molecular flexibility index (Phi) is 2.54. The smallest absolute Gasteiger partial charge is 0.261 e. The standard InChI is InChI=1S/C12H14N2O/c1-3-6-14-8-13-11-5-4-9(2)7-10(11)12(14)15/h4-5,7-8H,3,6H2,1-2H3. The van der Waals surface area contributed by atoms with E-state index in [2.05, 4.69) is 4.98 Å². The van der Waals surface area contributed by atoms with Crippen LogP contribution < -0.4 is 5.56 Å². The quantitative estimate of drug-likeness (QED) is 0.747. The lowest BCUT2D eigenvalue weighted by Crippen LogP contribution is -2.20. The van der Waals surface area contributed by atoms with E-state index in [1.807, 2.05) is 32.0 Å². The topological polar surface area (TPSA) is 34.9 Å². The summed E-state index contributed by atoms with van der Waals surface area (Å²) in [5.41, 5.74) is 1.93. The lowest BCUT2D eigenvalue weighted by Gasteiger charge is -2.04. The van der Waals surface area contributed by atoms with E-state index < -0.39 is 0 Å². The molecule has 0 N–H and O–H groups in total. The number of aromatic nitrogens is 2. The molecule has 0 atom stereocenters. The first-order valence-corrected chi connectivity index (χ1v) is 5.18. The average Bonchev–Trinajstić information content (AvgIpc) is 2.23. The molecule has 0 amide bonds. The normalized spacial score (nSPS) is 10.8. The van der Waals surface area contributed by atoms with E-state index in [0.717, 1.165) is 24.0 Å². The Labute approximate surface area is 88.4 Å². The lowest BCUT2D eigenvalue weighted by molar-refractivity contribution is 0.648. The summed E-state index contributed by atoms with van der Waals surface area (Å²) in [7, 11) is 0. The second kappa shape index (κ2) is 3.85. The number of hydrogen-bond donors (Lipinski definition) is 0. The molecule has 0 fully saturated rings. The Balaban J connectivity index is 2.71. The highest BCUT2D eigenvalue weighted by atomic mass is 16.1. The maximum atomic E-state index is 12.0. The van der Waals surface area contributed by atoms with Crippen molar-refractivity contribution in [3.8, 4) is 0 Å². The van der Waals surface area contributed by atoms with Crippen LogP contribution in [0.2, 0.25) is 0 Å². The van der Waals surface area contributed by atoms with Crippen molar-refractivity contribution in [2.24, 2.45) is 0 Å². The zero-order chi connectivity index (χ0) is 10.8. The lowest BCUT2D eigenvalue weighted by atomic mass is 10.2. The van der Waals surface area contributed by atoms with E-state index in [0.29, 0.717) is 5.39 Å². The van der Waals surface area contributed by atoms with Gasteiger partial charge in [0.2, 0.25) is 0 Å². The highest BCUT2D eigenvalue weighted by Gasteiger charge is 2.02. The van der Waals surface area contributed by atoms with Gasteiger partial charge in [-0.25, -0.2) is 4.98 Å². The van der Waals surface area contributed by atoms with Gasteiger partial charge in [-0.1, -0.05) is 18.6 Å². The van der Waals surface area contributed by atoms with Gasteiger partial charge in [0.05, 0.1) is 17.2 Å². The number of benzene rings is 1. The molecule has 3 heteroatoms. The van der Waals surface area contributed by atoms with Crippen LogP contribution in [0.1, 0.15) is 18.9 Å². The maximum Gasteiger partial charge on any atom is 0.261 e. The molecule has 1 heterocycles. The third-order valence-corrected chi connectivity index (χ3v) is 2.44. The van der Waals surface area contributed by atoms with Crippen molar-refractivity contribution in [1.29, 1.82) is 0 Å². The molecule has 2 aromatic rings. The summed E-state index contributed by atoms with van der Waals surface area (Å²) < 4.78 is 1.67. The predicted octanol–water partition coefficient (Wildman–Crippen LogP) is 2.11. The number of rotatable bonds is 2. The summed E-state index contributed by atoms with van der Waals surface area (Å²) in [4.78, 5) is 16.3. The van der Waals surface area contributed by atoms with E-state index in [1.54, 1.807) is 10.9 Å². The van der Waals surface area contributed by atoms with Crippen molar-refractivity contribution in [2.75, 3.05) is 0 Å². The minimum atomic E-state index is 0.0607. The molecule has 0 aliphatic carbocycles. The van der Waals surface area contributed by atoms with Crippen LogP contribution in [0.5, 0.6) is 0 Å². The fourth-order valence-electron chi connectivity index (χ4n) is 1.67. The van der Waals surface area contributed by atoms with Gasteiger partial charge in [0.25, 0.3) is 5.56 Å². The first-order valence-electron chi connectivity index (χ1n) is 5.18. The first-order chi connectivity index (χ1) is 7.22. The number of hydrogen-bond acceptors (Lipinski definition) is 2. The van der Waals surface area contributed by atoms with Crippen molar-refractivity contribution in [3.05, 3.63) is 40.4 Å². The van der Waals surface area contributed by atoms with Crippen LogP contribution in [0.25, 0.3) is 10.9 Å². The molecule has 0 radical (unpaired) electrons. The number of aryl methyl sites for hydroxylation is 2. The molecule has 1 aromatic heterocycles. The zero-order valence-electron chi connectivity index (χ0n) is 9.03. The minimum Gasteiger partial charge on any atom is -0.299 e. The largest absolute Gasteiger partial charge is 0.299 e. The summed E-state index contributed by atoms with van der Waals surface area (Å²) in [6.07, 6.45) is 2.57. The molecule has 2 rings (SSSR count). The van der Waals surface area contributed by atoms with Gasteiger partial charge in [-0.15, -0.1) is 0 Å². The third kappa shape index (κ3) is 1.77. The Morgan fingerprint density at radius 2 is 2.20 bits per heavy atom. The van der Waals surface area contributed by atoms with Crippen molar-refractivity contribution >= 4 is 10.9 Å². The van der Waals surface area contributed by atoms with Crippen LogP contribution >= 0.6 is 0 Å². The van der Waals surface area contributed by atoms with Crippen LogP contribution in [0.15, 0.2) is 29.3 Å². The monoisotopic (exact) mass is 202 g/mol. The van der Waals surface area contributed by atoms with E-state index in [9.17, 15) is 4.79 Å². The number of nitrogens with zero attached hydrogens (tertiary/aromatic N) is 2. The molecule has 0 aliphatic heterocycles. The zero-order valence-corrected chi connectivity index (χ0v) is 9.03. The van der Waals surface area contributed by atoms with Gasteiger partial charge >= 0.3 is 0 Å². The van der Waals surface area contributed by atoms with Crippen LogP contribution in [-0.2, 0) is 6.54 Å². The maximum absolute atomic E-state index is 12.0. The second-order valence-corrected chi connectivity index (χ2v) is 3.76. The Morgan fingerprint density at radius 3 is 2.93 bits per heavy atom. The molecule has 0 saturated heterocycles. The molecular formula is C12H14N2O. The van der Waals surface area contributed by atoms with E-state index in [1.165, 1.54) is 0 Å². The van der Waals surface area contributed by atoms with Gasteiger partial charge in [0.1, 0.15) is 0 Å². The van der Waals surface area contributed by atoms with Gasteiger partial charge in [-0.2, -0.15) is 0 Å². The SMILES string of the molecule is CCCn1cnc2ccc(C)cc2c1=O. The van der Waals surface area contributed by atoms with Crippen molar-refractivity contribution in [2.45, 2.75) is 26.8 Å². The summed E-state index contributed by atoms with van der Waals surface area (Å²) in [5.74, 6) is 0. The third-order valence-electron chi connectivity index (χ3n) is 2.44. The summed E-state index contributed by atoms with van der Waals surface area (Å²) in [6.45, 7) is 4.76. The molecule has 15 heavy (non-hydrogen) atoms. The van der Waals surface area contributed by atoms with E-state index in [-0.39, 0.29) is 5.56 Å². The molecule has 0 bridgehead atoms. The Morgan fingerprint density at radius 1 is 1.40 bits per heavy atom. The molecule has 78 valence electrons. The van der Waals surface area contributed by atoms with Crippen LogP contribution in [0.4, 0.5) is 0 Å². The predicted molar refractivity (Wildman–Crippen MR) is 61.0 cm³/mol. The van der Waals surface area contributed by atoms with Gasteiger partial charge in [-0.3, -0.25) is 9.36 Å². The Bertz CT molecular complexity index is 543. The van der Waals surface area contributed by atoms with E-state index in [4.69, 9.17) is 0 Å². The fraction of sp³-hybridized carbons (Fsp3) is 0.333. The van der Waals surface area contributed by atoms with Gasteiger partial charge in [-0.05, 0) is 25.5 Å². The molecule has 0 unspecified atom stereocenters. The minimum absolute atomic E-state index is 0.0607. The van der Waals surface area contributed by atoms with Crippen LogP contribution in [0, 0.1) is 6.92 Å².